The van der Waals surface area contributed by atoms with E-state index in [0.717, 1.165) is 0 Å². The van der Waals surface area contributed by atoms with E-state index in [-0.39, 0.29) is 0 Å². The van der Waals surface area contributed by atoms with Gasteiger partial charge in [0.15, 0.2) is 0 Å². The number of nitrogens with zero attached hydrogens (tertiary/aromatic N) is 1. The maximum absolute atomic E-state index is 11.1. The quantitative estimate of drug-likeness (QED) is 0.814. The highest BCUT2D eigenvalue weighted by Crippen LogP contribution is 2.27. The lowest BCUT2D eigenvalue weighted by atomic mass is 9.98. The Balaban J connectivity index is 3.10. The summed E-state index contributed by atoms with van der Waals surface area (Å²) in [4.78, 5) is 14.9. The van der Waals surface area contributed by atoms with Gasteiger partial charge in [-0.25, -0.2) is 4.98 Å². The zero-order chi connectivity index (χ0) is 10.7. The normalized spacial score (nSPS) is 12.5. The van der Waals surface area contributed by atoms with E-state index >= 15 is 0 Å². The Labute approximate surface area is 92.2 Å². The zero-order valence-electron chi connectivity index (χ0n) is 7.63. The van der Waals surface area contributed by atoms with Crippen molar-refractivity contribution < 1.29 is 4.79 Å². The SMILES string of the molecule is CCC(C(N)=O)c1cnc(Cl)cc1Cl. The molecule has 1 amide bonds. The van der Waals surface area contributed by atoms with Gasteiger partial charge in [-0.15, -0.1) is 0 Å². The number of halogens is 2. The van der Waals surface area contributed by atoms with Crippen molar-refractivity contribution in [3.63, 3.8) is 0 Å². The minimum atomic E-state index is -0.404. The number of nitrogens with two attached hydrogens (primary N) is 1. The number of primary amides is 1. The van der Waals surface area contributed by atoms with Crippen LogP contribution in [0.15, 0.2) is 12.3 Å². The summed E-state index contributed by atoms with van der Waals surface area (Å²) in [5.41, 5.74) is 5.86. The molecule has 0 aliphatic heterocycles. The predicted molar refractivity (Wildman–Crippen MR) is 56.5 cm³/mol. The number of carbonyl (C=O) groups is 1. The second-order valence-corrected chi connectivity index (χ2v) is 3.69. The zero-order valence-corrected chi connectivity index (χ0v) is 9.14. The molecular formula is C9H10Cl2N2O. The van der Waals surface area contributed by atoms with E-state index in [1.54, 1.807) is 0 Å². The van der Waals surface area contributed by atoms with Gasteiger partial charge in [0.25, 0.3) is 0 Å². The third-order valence-corrected chi connectivity index (χ3v) is 2.51. The maximum Gasteiger partial charge on any atom is 0.225 e. The van der Waals surface area contributed by atoms with Crippen molar-refractivity contribution in [2.45, 2.75) is 19.3 Å². The lowest BCUT2D eigenvalue weighted by molar-refractivity contribution is -0.119. The minimum absolute atomic E-state index is 0.304. The molecule has 1 aromatic rings. The van der Waals surface area contributed by atoms with Gasteiger partial charge in [0, 0.05) is 16.8 Å². The van der Waals surface area contributed by atoms with E-state index in [1.165, 1.54) is 12.3 Å². The van der Waals surface area contributed by atoms with Gasteiger partial charge in [0.05, 0.1) is 5.92 Å². The van der Waals surface area contributed by atoms with Crippen LogP contribution in [0, 0.1) is 0 Å². The maximum atomic E-state index is 11.1. The fourth-order valence-corrected chi connectivity index (χ4v) is 1.75. The average Bonchev–Trinajstić information content (AvgIpc) is 2.09. The fraction of sp³-hybridized carbons (Fsp3) is 0.333. The second kappa shape index (κ2) is 4.62. The molecule has 0 bridgehead atoms. The first-order chi connectivity index (χ1) is 6.56. The Morgan fingerprint density at radius 3 is 2.71 bits per heavy atom. The van der Waals surface area contributed by atoms with Gasteiger partial charge in [0.2, 0.25) is 5.91 Å². The second-order valence-electron chi connectivity index (χ2n) is 2.89. The Morgan fingerprint density at radius 2 is 2.29 bits per heavy atom. The fourth-order valence-electron chi connectivity index (χ4n) is 1.25. The first kappa shape index (κ1) is 11.3. The molecule has 0 spiro atoms. The van der Waals surface area contributed by atoms with Crippen LogP contribution in [0.4, 0.5) is 0 Å². The number of carbonyl (C=O) groups excluding carboxylic acids is 1. The van der Waals surface area contributed by atoms with Gasteiger partial charge >= 0.3 is 0 Å². The van der Waals surface area contributed by atoms with Gasteiger partial charge in [-0.3, -0.25) is 4.79 Å². The summed E-state index contributed by atoms with van der Waals surface area (Å²) in [6.07, 6.45) is 2.09. The van der Waals surface area contributed by atoms with Gasteiger partial charge in [0.1, 0.15) is 5.15 Å². The molecule has 76 valence electrons. The third kappa shape index (κ3) is 2.36. The molecule has 0 aliphatic rings. The van der Waals surface area contributed by atoms with E-state index in [2.05, 4.69) is 4.98 Å². The molecular weight excluding hydrogens is 223 g/mol. The molecule has 1 heterocycles. The third-order valence-electron chi connectivity index (χ3n) is 1.98. The van der Waals surface area contributed by atoms with Crippen LogP contribution in [-0.4, -0.2) is 10.9 Å². The lowest BCUT2D eigenvalue weighted by Gasteiger charge is -2.12. The Hall–Kier alpha value is -0.800. The van der Waals surface area contributed by atoms with Crippen molar-refractivity contribution in [1.29, 1.82) is 0 Å². The number of pyridine rings is 1. The summed E-state index contributed by atoms with van der Waals surface area (Å²) in [7, 11) is 0. The van der Waals surface area contributed by atoms with Crippen molar-refractivity contribution in [3.05, 3.63) is 28.0 Å². The molecule has 1 atom stereocenters. The smallest absolute Gasteiger partial charge is 0.225 e. The van der Waals surface area contributed by atoms with E-state index in [1.807, 2.05) is 6.92 Å². The molecule has 5 heteroatoms. The lowest BCUT2D eigenvalue weighted by Crippen LogP contribution is -2.21. The molecule has 0 saturated carbocycles. The van der Waals surface area contributed by atoms with Crippen molar-refractivity contribution >= 4 is 29.1 Å². The molecule has 1 rings (SSSR count). The Kier molecular flexibility index (Phi) is 3.72. The molecule has 0 saturated heterocycles. The summed E-state index contributed by atoms with van der Waals surface area (Å²) in [5, 5.41) is 0.730. The Morgan fingerprint density at radius 1 is 1.64 bits per heavy atom. The van der Waals surface area contributed by atoms with E-state index in [9.17, 15) is 4.79 Å². The standard InChI is InChI=1S/C9H10Cl2N2O/c1-2-5(9(12)14)6-4-13-8(11)3-7(6)10/h3-5H,2H2,1H3,(H2,12,14). The molecule has 3 nitrogen and oxygen atoms in total. The first-order valence-corrected chi connectivity index (χ1v) is 4.92. The predicted octanol–water partition coefficient (Wildman–Crippen LogP) is 2.37. The molecule has 1 unspecified atom stereocenters. The van der Waals surface area contributed by atoms with Crippen LogP contribution < -0.4 is 5.73 Å². The minimum Gasteiger partial charge on any atom is -0.369 e. The molecule has 0 aliphatic carbocycles. The first-order valence-electron chi connectivity index (χ1n) is 4.16. The number of aromatic nitrogens is 1. The summed E-state index contributed by atoms with van der Waals surface area (Å²) in [5.74, 6) is -0.800. The number of amides is 1. The van der Waals surface area contributed by atoms with Crippen molar-refractivity contribution in [2.24, 2.45) is 5.73 Å². The van der Waals surface area contributed by atoms with Crippen LogP contribution in [0.5, 0.6) is 0 Å². The summed E-state index contributed by atoms with van der Waals surface area (Å²) in [6.45, 7) is 1.86. The van der Waals surface area contributed by atoms with Crippen LogP contribution >= 0.6 is 23.2 Å². The number of hydrogen-bond acceptors (Lipinski definition) is 2. The summed E-state index contributed by atoms with van der Waals surface area (Å²) < 4.78 is 0. The van der Waals surface area contributed by atoms with Crippen LogP contribution in [0.2, 0.25) is 10.2 Å². The number of rotatable bonds is 3. The Bertz CT molecular complexity index is 355. The van der Waals surface area contributed by atoms with Crippen molar-refractivity contribution in [3.8, 4) is 0 Å². The van der Waals surface area contributed by atoms with E-state index in [4.69, 9.17) is 28.9 Å². The van der Waals surface area contributed by atoms with Crippen LogP contribution in [-0.2, 0) is 4.79 Å². The molecule has 0 radical (unpaired) electrons. The van der Waals surface area contributed by atoms with Crippen LogP contribution in [0.3, 0.4) is 0 Å². The molecule has 2 N–H and O–H groups in total. The van der Waals surface area contributed by atoms with Gasteiger partial charge in [-0.2, -0.15) is 0 Å². The van der Waals surface area contributed by atoms with Crippen molar-refractivity contribution in [1.82, 2.24) is 4.98 Å². The van der Waals surface area contributed by atoms with Gasteiger partial charge < -0.3 is 5.73 Å². The average molecular weight is 233 g/mol. The van der Waals surface area contributed by atoms with Crippen molar-refractivity contribution in [2.75, 3.05) is 0 Å². The highest BCUT2D eigenvalue weighted by Gasteiger charge is 2.18. The molecule has 1 aromatic heterocycles. The largest absolute Gasteiger partial charge is 0.369 e. The topological polar surface area (TPSA) is 56.0 Å². The summed E-state index contributed by atoms with van der Waals surface area (Å²) >= 11 is 11.5. The number of hydrogen-bond donors (Lipinski definition) is 1. The molecule has 0 fully saturated rings. The molecule has 0 aromatic carbocycles. The van der Waals surface area contributed by atoms with Crippen LogP contribution in [0.1, 0.15) is 24.8 Å². The van der Waals surface area contributed by atoms with Gasteiger partial charge in [-0.05, 0) is 12.5 Å². The summed E-state index contributed by atoms with van der Waals surface area (Å²) in [6, 6.07) is 1.50. The van der Waals surface area contributed by atoms with Crippen LogP contribution in [0.25, 0.3) is 0 Å². The molecule has 14 heavy (non-hydrogen) atoms. The van der Waals surface area contributed by atoms with Gasteiger partial charge in [-0.1, -0.05) is 30.1 Å². The monoisotopic (exact) mass is 232 g/mol. The highest BCUT2D eigenvalue weighted by atomic mass is 35.5. The highest BCUT2D eigenvalue weighted by molar-refractivity contribution is 6.34. The van der Waals surface area contributed by atoms with E-state index < -0.39 is 11.8 Å². The van der Waals surface area contributed by atoms with E-state index in [0.29, 0.717) is 22.2 Å².